The molecule has 4 atom stereocenters. The van der Waals surface area contributed by atoms with Gasteiger partial charge < -0.3 is 20.1 Å². The number of halogens is 1. The van der Waals surface area contributed by atoms with Crippen molar-refractivity contribution in [2.24, 2.45) is 0 Å². The zero-order valence-electron chi connectivity index (χ0n) is 9.69. The van der Waals surface area contributed by atoms with E-state index in [0.717, 1.165) is 4.57 Å². The van der Waals surface area contributed by atoms with E-state index in [2.05, 4.69) is 0 Å². The third-order valence-electron chi connectivity index (χ3n) is 2.96. The van der Waals surface area contributed by atoms with Crippen LogP contribution in [0.3, 0.4) is 0 Å². The molecule has 0 spiro atoms. The van der Waals surface area contributed by atoms with Gasteiger partial charge in [-0.3, -0.25) is 14.3 Å². The molecule has 0 amide bonds. The SMILES string of the molecule is O=c1[nH]c(=O)n([C@@H]2C[C@H](O)[C@H](O)[C@H](CO)O2)cc1F. The van der Waals surface area contributed by atoms with Crippen LogP contribution in [0.15, 0.2) is 15.8 Å². The van der Waals surface area contributed by atoms with Crippen molar-refractivity contribution >= 4 is 0 Å². The van der Waals surface area contributed by atoms with Gasteiger partial charge in [-0.25, -0.2) is 4.79 Å². The average Bonchev–Trinajstić information content (AvgIpc) is 2.37. The van der Waals surface area contributed by atoms with E-state index in [1.807, 2.05) is 0 Å². The Morgan fingerprint density at radius 3 is 2.79 bits per heavy atom. The van der Waals surface area contributed by atoms with E-state index in [1.54, 1.807) is 4.98 Å². The number of ether oxygens (including phenoxy) is 1. The van der Waals surface area contributed by atoms with Crippen LogP contribution in [-0.4, -0.2) is 49.8 Å². The van der Waals surface area contributed by atoms with Gasteiger partial charge in [0.2, 0.25) is 5.82 Å². The minimum absolute atomic E-state index is 0.178. The van der Waals surface area contributed by atoms with Gasteiger partial charge in [-0.2, -0.15) is 4.39 Å². The smallest absolute Gasteiger partial charge is 0.330 e. The van der Waals surface area contributed by atoms with Gasteiger partial charge in [-0.1, -0.05) is 0 Å². The van der Waals surface area contributed by atoms with Crippen LogP contribution in [-0.2, 0) is 4.74 Å². The summed E-state index contributed by atoms with van der Waals surface area (Å²) in [7, 11) is 0. The van der Waals surface area contributed by atoms with Gasteiger partial charge in [0.1, 0.15) is 18.4 Å². The van der Waals surface area contributed by atoms with Crippen LogP contribution in [0.4, 0.5) is 4.39 Å². The first kappa shape index (κ1) is 13.9. The molecule has 2 rings (SSSR count). The summed E-state index contributed by atoms with van der Waals surface area (Å²) in [6.45, 7) is -0.574. The van der Waals surface area contributed by atoms with Crippen LogP contribution >= 0.6 is 0 Å². The number of rotatable bonds is 2. The van der Waals surface area contributed by atoms with Crippen molar-refractivity contribution in [3.63, 3.8) is 0 Å². The van der Waals surface area contributed by atoms with E-state index in [0.29, 0.717) is 6.20 Å². The number of hydrogen-bond donors (Lipinski definition) is 4. The summed E-state index contributed by atoms with van der Waals surface area (Å²) in [5, 5.41) is 28.1. The summed E-state index contributed by atoms with van der Waals surface area (Å²) in [4.78, 5) is 24.2. The van der Waals surface area contributed by atoms with Crippen molar-refractivity contribution in [2.75, 3.05) is 6.61 Å². The molecule has 0 aliphatic carbocycles. The highest BCUT2D eigenvalue weighted by atomic mass is 19.1. The average molecular weight is 276 g/mol. The highest BCUT2D eigenvalue weighted by Gasteiger charge is 2.37. The Labute approximate surface area is 105 Å². The lowest BCUT2D eigenvalue weighted by Crippen LogP contribution is -2.50. The minimum atomic E-state index is -1.30. The molecule has 19 heavy (non-hydrogen) atoms. The van der Waals surface area contributed by atoms with Gasteiger partial charge in [-0.15, -0.1) is 0 Å². The van der Waals surface area contributed by atoms with Gasteiger partial charge in [0.25, 0.3) is 5.56 Å². The van der Waals surface area contributed by atoms with Crippen LogP contribution in [0.2, 0.25) is 0 Å². The van der Waals surface area contributed by atoms with Crippen LogP contribution in [0.25, 0.3) is 0 Å². The maximum atomic E-state index is 13.1. The molecule has 1 saturated heterocycles. The lowest BCUT2D eigenvalue weighted by molar-refractivity contribution is -0.202. The lowest BCUT2D eigenvalue weighted by atomic mass is 10.0. The van der Waals surface area contributed by atoms with Crippen molar-refractivity contribution in [1.29, 1.82) is 0 Å². The Morgan fingerprint density at radius 1 is 1.47 bits per heavy atom. The summed E-state index contributed by atoms with van der Waals surface area (Å²) in [6.07, 6.45) is -4.25. The second-order valence-electron chi connectivity index (χ2n) is 4.25. The Morgan fingerprint density at radius 2 is 2.16 bits per heavy atom. The van der Waals surface area contributed by atoms with Crippen LogP contribution in [0, 0.1) is 5.82 Å². The molecule has 1 aliphatic rings. The van der Waals surface area contributed by atoms with Gasteiger partial charge in [0, 0.05) is 6.42 Å². The number of nitrogens with one attached hydrogen (secondary N) is 1. The fourth-order valence-electron chi connectivity index (χ4n) is 1.94. The predicted molar refractivity (Wildman–Crippen MR) is 58.9 cm³/mol. The minimum Gasteiger partial charge on any atom is -0.394 e. The highest BCUT2D eigenvalue weighted by molar-refractivity contribution is 4.91. The summed E-state index contributed by atoms with van der Waals surface area (Å²) >= 11 is 0. The number of aliphatic hydroxyl groups is 3. The molecule has 0 saturated carbocycles. The Hall–Kier alpha value is -1.55. The number of nitrogens with zero attached hydrogens (tertiary/aromatic N) is 1. The van der Waals surface area contributed by atoms with Crippen molar-refractivity contribution in [3.05, 3.63) is 32.9 Å². The maximum absolute atomic E-state index is 13.1. The number of H-pyrrole nitrogens is 1. The first-order chi connectivity index (χ1) is 8.93. The summed E-state index contributed by atoms with van der Waals surface area (Å²) in [5.41, 5.74) is -2.06. The summed E-state index contributed by atoms with van der Waals surface area (Å²) in [6, 6.07) is 0. The van der Waals surface area contributed by atoms with E-state index in [1.165, 1.54) is 0 Å². The van der Waals surface area contributed by atoms with Crippen molar-refractivity contribution < 1.29 is 24.4 Å². The topological polar surface area (TPSA) is 125 Å². The normalized spacial score (nSPS) is 31.4. The van der Waals surface area contributed by atoms with Crippen LogP contribution in [0.1, 0.15) is 12.6 Å². The summed E-state index contributed by atoms with van der Waals surface area (Å²) < 4.78 is 19.1. The molecule has 0 aromatic carbocycles. The van der Waals surface area contributed by atoms with E-state index >= 15 is 0 Å². The molecule has 4 N–H and O–H groups in total. The first-order valence-corrected chi connectivity index (χ1v) is 5.57. The zero-order valence-corrected chi connectivity index (χ0v) is 9.69. The van der Waals surface area contributed by atoms with E-state index in [9.17, 15) is 24.2 Å². The van der Waals surface area contributed by atoms with Gasteiger partial charge in [0.15, 0.2) is 0 Å². The maximum Gasteiger partial charge on any atom is 0.330 e. The zero-order chi connectivity index (χ0) is 14.2. The molecule has 0 bridgehead atoms. The van der Waals surface area contributed by atoms with Crippen LogP contribution < -0.4 is 11.2 Å². The molecule has 1 fully saturated rings. The van der Waals surface area contributed by atoms with Crippen molar-refractivity contribution in [2.45, 2.75) is 31.0 Å². The fourth-order valence-corrected chi connectivity index (χ4v) is 1.94. The predicted octanol–water partition coefficient (Wildman–Crippen LogP) is -2.32. The van der Waals surface area contributed by atoms with Crippen LogP contribution in [0.5, 0.6) is 0 Å². The largest absolute Gasteiger partial charge is 0.394 e. The Kier molecular flexibility index (Phi) is 3.80. The lowest BCUT2D eigenvalue weighted by Gasteiger charge is -2.36. The standard InChI is InChI=1S/C10H13FN2O6/c11-4-2-13(10(18)12-9(4)17)7-1-5(15)8(16)6(3-14)19-7/h2,5-8,14-16H,1,3H2,(H,12,17,18)/t5-,6-,7-,8-/m0/s1. The third-order valence-corrected chi connectivity index (χ3v) is 2.96. The number of aromatic nitrogens is 2. The molecule has 106 valence electrons. The molecule has 0 unspecified atom stereocenters. The van der Waals surface area contributed by atoms with Crippen molar-refractivity contribution in [3.8, 4) is 0 Å². The monoisotopic (exact) mass is 276 g/mol. The van der Waals surface area contributed by atoms with E-state index in [-0.39, 0.29) is 6.42 Å². The van der Waals surface area contributed by atoms with E-state index in [4.69, 9.17) is 9.84 Å². The van der Waals surface area contributed by atoms with Gasteiger partial charge in [-0.05, 0) is 0 Å². The molecular weight excluding hydrogens is 263 g/mol. The number of aromatic amines is 1. The Balaban J connectivity index is 2.35. The second kappa shape index (κ2) is 5.21. The van der Waals surface area contributed by atoms with Gasteiger partial charge in [0.05, 0.1) is 18.9 Å². The van der Waals surface area contributed by atoms with Gasteiger partial charge >= 0.3 is 5.69 Å². The molecule has 1 aromatic rings. The fraction of sp³-hybridized carbons (Fsp3) is 0.600. The third kappa shape index (κ3) is 2.59. The molecule has 2 heterocycles. The van der Waals surface area contributed by atoms with E-state index < -0.39 is 48.2 Å². The summed E-state index contributed by atoms with van der Waals surface area (Å²) in [5.74, 6) is -1.18. The molecular formula is C10H13FN2O6. The number of hydrogen-bond acceptors (Lipinski definition) is 6. The molecule has 1 aromatic heterocycles. The molecule has 1 aliphatic heterocycles. The molecule has 9 heteroatoms. The number of aliphatic hydroxyl groups excluding tert-OH is 3. The molecule has 8 nitrogen and oxygen atoms in total. The quantitative estimate of drug-likeness (QED) is 0.480. The highest BCUT2D eigenvalue weighted by Crippen LogP contribution is 2.26. The second-order valence-corrected chi connectivity index (χ2v) is 4.25. The van der Waals surface area contributed by atoms with Crippen molar-refractivity contribution in [1.82, 2.24) is 9.55 Å². The first-order valence-electron chi connectivity index (χ1n) is 5.57. The Bertz CT molecular complexity index is 570. The molecule has 0 radical (unpaired) electrons.